The fourth-order valence-electron chi connectivity index (χ4n) is 3.85. The van der Waals surface area contributed by atoms with Crippen molar-refractivity contribution >= 4 is 16.3 Å². The number of nitrogens with zero attached hydrogens (tertiary/aromatic N) is 3. The maximum atomic E-state index is 12.0. The topological polar surface area (TPSA) is 99.0 Å². The van der Waals surface area contributed by atoms with Gasteiger partial charge in [-0.2, -0.15) is 8.42 Å². The molecule has 0 aromatic carbocycles. The molecule has 0 unspecified atom stereocenters. The van der Waals surface area contributed by atoms with Crippen molar-refractivity contribution in [2.45, 2.75) is 110 Å². The van der Waals surface area contributed by atoms with Gasteiger partial charge in [-0.15, -0.1) is 0 Å². The molecule has 8 nitrogen and oxygen atoms in total. The molecule has 0 atom stereocenters. The molecule has 0 aliphatic heterocycles. The highest BCUT2D eigenvalue weighted by molar-refractivity contribution is 7.80. The van der Waals surface area contributed by atoms with Crippen molar-refractivity contribution in [1.29, 1.82) is 0 Å². The summed E-state index contributed by atoms with van der Waals surface area (Å²) in [5.74, 6) is 0.112. The monoisotopic (exact) mass is 552 g/mol. The molecule has 0 aliphatic carbocycles. The van der Waals surface area contributed by atoms with Gasteiger partial charge in [0.05, 0.1) is 55.4 Å². The molecular formula is C28H62N3O5S+. The molecule has 0 saturated carbocycles. The summed E-state index contributed by atoms with van der Waals surface area (Å²) in [5, 5.41) is 12.0. The van der Waals surface area contributed by atoms with Gasteiger partial charge in [-0.1, -0.05) is 96.8 Å². The molecule has 224 valence electrons. The molecule has 9 heteroatoms. The van der Waals surface area contributed by atoms with Crippen LogP contribution in [0.3, 0.4) is 0 Å². The first-order chi connectivity index (χ1) is 17.2. The van der Waals surface area contributed by atoms with Crippen LogP contribution in [-0.2, 0) is 14.6 Å². The number of rotatable bonds is 23. The summed E-state index contributed by atoms with van der Waals surface area (Å²) in [6, 6.07) is 0. The number of likely N-dealkylation sites (N-methyl/N-ethyl adjacent to an activating group) is 2. The van der Waals surface area contributed by atoms with E-state index in [0.29, 0.717) is 13.0 Å². The lowest BCUT2D eigenvalue weighted by Crippen LogP contribution is -2.50. The maximum Gasteiger partial charge on any atom is 0.397 e. The summed E-state index contributed by atoms with van der Waals surface area (Å²) >= 11 is 0. The van der Waals surface area contributed by atoms with Crippen LogP contribution in [0.15, 0.2) is 4.99 Å². The normalized spacial score (nSPS) is 12.9. The summed E-state index contributed by atoms with van der Waals surface area (Å²) in [4.78, 5) is 4.30. The second-order valence-electron chi connectivity index (χ2n) is 12.0. The lowest BCUT2D eigenvalue weighted by Gasteiger charge is -2.33. The van der Waals surface area contributed by atoms with E-state index in [1.807, 2.05) is 0 Å². The van der Waals surface area contributed by atoms with Gasteiger partial charge >= 0.3 is 10.4 Å². The smallest absolute Gasteiger partial charge is 0.397 e. The molecule has 1 N–H and O–H groups in total. The zero-order chi connectivity index (χ0) is 28.6. The lowest BCUT2D eigenvalue weighted by molar-refractivity contribution is -0.936. The largest absolute Gasteiger partial charge is 0.862 e. The first kappa shape index (κ1) is 38.4. The van der Waals surface area contributed by atoms with Crippen molar-refractivity contribution in [2.24, 2.45) is 4.99 Å². The van der Waals surface area contributed by atoms with Gasteiger partial charge < -0.3 is 14.1 Å². The van der Waals surface area contributed by atoms with E-state index in [9.17, 15) is 13.5 Å². The Kier molecular flexibility index (Phi) is 24.1. The zero-order valence-corrected chi connectivity index (χ0v) is 26.3. The zero-order valence-electron chi connectivity index (χ0n) is 25.5. The Hall–Kier alpha value is -0.740. The van der Waals surface area contributed by atoms with Crippen molar-refractivity contribution in [3.8, 4) is 0 Å². The number of hydrogen-bond donors (Lipinski definition) is 1. The van der Waals surface area contributed by atoms with Crippen LogP contribution < -0.4 is 5.11 Å². The van der Waals surface area contributed by atoms with E-state index in [1.54, 1.807) is 0 Å². The summed E-state index contributed by atoms with van der Waals surface area (Å²) in [7, 11) is 7.87. The third-order valence-corrected chi connectivity index (χ3v) is 7.00. The summed E-state index contributed by atoms with van der Waals surface area (Å²) < 4.78 is 31.6. The minimum absolute atomic E-state index is 0.112. The van der Waals surface area contributed by atoms with E-state index < -0.39 is 10.4 Å². The van der Waals surface area contributed by atoms with Crippen LogP contribution in [0.2, 0.25) is 0 Å². The molecule has 0 amide bonds. The number of aliphatic imine (C=N–C) groups is 1. The Morgan fingerprint density at radius 1 is 0.730 bits per heavy atom. The first-order valence-corrected chi connectivity index (χ1v) is 15.9. The number of hydrogen-bond acceptors (Lipinski definition) is 5. The van der Waals surface area contributed by atoms with Crippen molar-refractivity contribution in [1.82, 2.24) is 0 Å². The standard InChI is InChI=1S/C27H58N3O.CH4O4S/c1-7-8-9-10-11-12-13-14-15-16-17-18-19-20-21-22-27(31)28-23-24-30(5,6)26-25-29(2,3)4;1-5-6(2,3)4/h7-26H2,1-6H3;1H3,(H,2,3,4)/q+1;. The van der Waals surface area contributed by atoms with Crippen LogP contribution in [0.25, 0.3) is 0 Å². The van der Waals surface area contributed by atoms with Gasteiger partial charge in [-0.3, -0.25) is 13.7 Å². The molecule has 0 spiro atoms. The van der Waals surface area contributed by atoms with Gasteiger partial charge in [-0.05, 0) is 18.7 Å². The Morgan fingerprint density at radius 2 is 1.11 bits per heavy atom. The highest BCUT2D eigenvalue weighted by Gasteiger charge is 2.19. The van der Waals surface area contributed by atoms with E-state index in [-0.39, 0.29) is 5.90 Å². The fraction of sp³-hybridized carbons (Fsp3) is 0.964. The summed E-state index contributed by atoms with van der Waals surface area (Å²) in [5.41, 5.74) is 0. The van der Waals surface area contributed by atoms with E-state index in [4.69, 9.17) is 4.55 Å². The van der Waals surface area contributed by atoms with Crippen LogP contribution in [0.1, 0.15) is 110 Å². The van der Waals surface area contributed by atoms with Crippen molar-refractivity contribution < 1.29 is 31.2 Å². The van der Waals surface area contributed by atoms with Gasteiger partial charge in [0.1, 0.15) is 13.1 Å². The van der Waals surface area contributed by atoms with Crippen LogP contribution >= 0.6 is 0 Å². The molecule has 0 fully saturated rings. The summed E-state index contributed by atoms with van der Waals surface area (Å²) in [6.45, 7) is 6.16. The number of quaternary nitrogens is 2. The van der Waals surface area contributed by atoms with E-state index in [1.165, 1.54) is 89.9 Å². The average molecular weight is 553 g/mol. The van der Waals surface area contributed by atoms with Gasteiger partial charge in [0, 0.05) is 0 Å². The molecule has 0 heterocycles. The van der Waals surface area contributed by atoms with E-state index >= 15 is 0 Å². The Morgan fingerprint density at radius 3 is 1.46 bits per heavy atom. The highest BCUT2D eigenvalue weighted by Crippen LogP contribution is 2.13. The number of unbranched alkanes of at least 4 members (excludes halogenated alkanes) is 14. The minimum Gasteiger partial charge on any atom is -0.862 e. The second kappa shape index (κ2) is 23.2. The predicted molar refractivity (Wildman–Crippen MR) is 155 cm³/mol. The minimum atomic E-state index is -4.16. The fourth-order valence-corrected chi connectivity index (χ4v) is 3.85. The molecule has 0 aliphatic rings. The van der Waals surface area contributed by atoms with Gasteiger partial charge in [0.25, 0.3) is 0 Å². The van der Waals surface area contributed by atoms with Crippen LogP contribution in [0, 0.1) is 0 Å². The van der Waals surface area contributed by atoms with Crippen molar-refractivity contribution in [3.63, 3.8) is 0 Å². The Balaban J connectivity index is 0. The molecule has 0 aromatic heterocycles. The lowest BCUT2D eigenvalue weighted by atomic mass is 10.0. The quantitative estimate of drug-likeness (QED) is 0.0616. The third-order valence-electron chi connectivity index (χ3n) is 6.57. The maximum absolute atomic E-state index is 12.0. The van der Waals surface area contributed by atoms with Gasteiger partial charge in [0.15, 0.2) is 0 Å². The molecule has 37 heavy (non-hydrogen) atoms. The van der Waals surface area contributed by atoms with E-state index in [2.05, 4.69) is 51.3 Å². The molecule has 0 aromatic rings. The van der Waals surface area contributed by atoms with Gasteiger partial charge in [-0.25, -0.2) is 0 Å². The second-order valence-corrected chi connectivity index (χ2v) is 13.2. The Bertz CT molecular complexity index is 647. The Labute approximate surface area is 230 Å². The highest BCUT2D eigenvalue weighted by atomic mass is 32.3. The third kappa shape index (κ3) is 35.3. The van der Waals surface area contributed by atoms with Crippen LogP contribution in [0.5, 0.6) is 0 Å². The van der Waals surface area contributed by atoms with Crippen LogP contribution in [0.4, 0.5) is 0 Å². The van der Waals surface area contributed by atoms with Gasteiger partial charge in [0.2, 0.25) is 0 Å². The average Bonchev–Trinajstić information content (AvgIpc) is 2.80. The molecule has 0 bridgehead atoms. The molecular weight excluding hydrogens is 490 g/mol. The molecule has 0 saturated heterocycles. The molecule has 0 rings (SSSR count). The predicted octanol–water partition coefficient (Wildman–Crippen LogP) is 5.22. The van der Waals surface area contributed by atoms with E-state index in [0.717, 1.165) is 42.1 Å². The first-order valence-electron chi connectivity index (χ1n) is 14.6. The summed E-state index contributed by atoms with van der Waals surface area (Å²) in [6.07, 6.45) is 21.0. The van der Waals surface area contributed by atoms with Crippen molar-refractivity contribution in [3.05, 3.63) is 0 Å². The van der Waals surface area contributed by atoms with Crippen LogP contribution in [-0.4, -0.2) is 96.4 Å². The van der Waals surface area contributed by atoms with Crippen molar-refractivity contribution in [2.75, 3.05) is 68.5 Å². The SMILES string of the molecule is CCCCCCCCCCCCCCCCCC([O-])=NCC[N+](C)(C)CC[N+](C)(C)C.COS(=O)(=O)O. The molecule has 0 radical (unpaired) electrons.